The van der Waals surface area contributed by atoms with Gasteiger partial charge in [-0.2, -0.15) is 0 Å². The summed E-state index contributed by atoms with van der Waals surface area (Å²) in [5.74, 6) is 0.470. The summed E-state index contributed by atoms with van der Waals surface area (Å²) in [6.45, 7) is 0. The van der Waals surface area contributed by atoms with Crippen molar-refractivity contribution in [3.05, 3.63) is 29.6 Å². The van der Waals surface area contributed by atoms with Crippen molar-refractivity contribution in [1.82, 2.24) is 0 Å². The van der Waals surface area contributed by atoms with Crippen molar-refractivity contribution in [2.45, 2.75) is 6.36 Å². The Morgan fingerprint density at radius 1 is 1.21 bits per heavy atom. The summed E-state index contributed by atoms with van der Waals surface area (Å²) < 4.78 is 51.3. The Morgan fingerprint density at radius 3 is 2.36 bits per heavy atom. The maximum absolute atomic E-state index is 12.6. The van der Waals surface area contributed by atoms with Crippen LogP contribution < -0.4 is 4.74 Å². The molecule has 0 amide bonds. The molecule has 0 aliphatic heterocycles. The van der Waals surface area contributed by atoms with Crippen LogP contribution in [0.1, 0.15) is 5.56 Å². The number of ether oxygens (including phenoxy) is 1. The molecule has 0 saturated heterocycles. The van der Waals surface area contributed by atoms with Crippen LogP contribution >= 0.6 is 0 Å². The fourth-order valence-electron chi connectivity index (χ4n) is 0.839. The Bertz CT molecular complexity index is 375. The van der Waals surface area contributed by atoms with E-state index >= 15 is 0 Å². The molecule has 1 nitrogen and oxygen atoms in total. The average Bonchev–Trinajstić information content (AvgIpc) is 1.99. The molecule has 0 N–H and O–H groups in total. The lowest BCUT2D eigenvalue weighted by atomic mass is 10.2. The molecule has 74 valence electrons. The third kappa shape index (κ3) is 2.98. The predicted molar refractivity (Wildman–Crippen MR) is 41.0 cm³/mol. The summed E-state index contributed by atoms with van der Waals surface area (Å²) in [5, 5.41) is 0. The molecule has 1 aromatic rings. The Kier molecular flexibility index (Phi) is 2.65. The lowest BCUT2D eigenvalue weighted by molar-refractivity contribution is -0.274. The summed E-state index contributed by atoms with van der Waals surface area (Å²) in [4.78, 5) is 0. The molecule has 0 aliphatic carbocycles. The zero-order valence-corrected chi connectivity index (χ0v) is 6.73. The van der Waals surface area contributed by atoms with Crippen molar-refractivity contribution in [3.8, 4) is 18.1 Å². The average molecular weight is 204 g/mol. The first-order chi connectivity index (χ1) is 6.40. The van der Waals surface area contributed by atoms with Crippen LogP contribution in [-0.4, -0.2) is 6.36 Å². The van der Waals surface area contributed by atoms with Gasteiger partial charge in [0, 0.05) is 11.6 Å². The Hall–Kier alpha value is -1.70. The van der Waals surface area contributed by atoms with Crippen LogP contribution in [0.5, 0.6) is 5.75 Å². The van der Waals surface area contributed by atoms with E-state index < -0.39 is 17.9 Å². The second-order valence-electron chi connectivity index (χ2n) is 2.37. The summed E-state index contributed by atoms with van der Waals surface area (Å²) in [5.41, 5.74) is -0.00995. The van der Waals surface area contributed by atoms with Crippen molar-refractivity contribution < 1.29 is 22.3 Å². The molecule has 0 spiro atoms. The van der Waals surface area contributed by atoms with Crippen LogP contribution in [0.2, 0.25) is 0 Å². The Labute approximate surface area is 77.3 Å². The van der Waals surface area contributed by atoms with Gasteiger partial charge in [0.05, 0.1) is 0 Å². The molecule has 5 heteroatoms. The number of terminal acetylenes is 1. The van der Waals surface area contributed by atoms with Crippen molar-refractivity contribution in [2.75, 3.05) is 0 Å². The number of halogens is 4. The van der Waals surface area contributed by atoms with Crippen LogP contribution in [0.25, 0.3) is 0 Å². The van der Waals surface area contributed by atoms with Crippen molar-refractivity contribution >= 4 is 0 Å². The maximum atomic E-state index is 12.6. The second-order valence-corrected chi connectivity index (χ2v) is 2.37. The van der Waals surface area contributed by atoms with E-state index in [1.54, 1.807) is 0 Å². The normalized spacial score (nSPS) is 10.8. The van der Waals surface area contributed by atoms with Gasteiger partial charge < -0.3 is 4.74 Å². The molecular weight excluding hydrogens is 200 g/mol. The fourth-order valence-corrected chi connectivity index (χ4v) is 0.839. The van der Waals surface area contributed by atoms with Gasteiger partial charge in [0.15, 0.2) is 0 Å². The van der Waals surface area contributed by atoms with Crippen molar-refractivity contribution in [3.63, 3.8) is 0 Å². The molecule has 0 atom stereocenters. The van der Waals surface area contributed by atoms with E-state index in [-0.39, 0.29) is 5.56 Å². The molecule has 0 aromatic heterocycles. The zero-order valence-electron chi connectivity index (χ0n) is 6.73. The molecule has 0 unspecified atom stereocenters. The van der Waals surface area contributed by atoms with E-state index in [4.69, 9.17) is 6.42 Å². The molecule has 0 heterocycles. The third-order valence-electron chi connectivity index (χ3n) is 1.27. The van der Waals surface area contributed by atoms with E-state index in [0.717, 1.165) is 12.1 Å². The number of hydrogen-bond donors (Lipinski definition) is 0. The number of rotatable bonds is 1. The monoisotopic (exact) mass is 204 g/mol. The van der Waals surface area contributed by atoms with Crippen molar-refractivity contribution in [2.24, 2.45) is 0 Å². The summed E-state index contributed by atoms with van der Waals surface area (Å²) >= 11 is 0. The van der Waals surface area contributed by atoms with Crippen LogP contribution in [0.4, 0.5) is 17.6 Å². The minimum absolute atomic E-state index is 0.00995. The van der Waals surface area contributed by atoms with E-state index in [2.05, 4.69) is 4.74 Å². The topological polar surface area (TPSA) is 9.23 Å². The van der Waals surface area contributed by atoms with Crippen LogP contribution in [0.15, 0.2) is 18.2 Å². The Balaban J connectivity index is 3.00. The largest absolute Gasteiger partial charge is 0.573 e. The quantitative estimate of drug-likeness (QED) is 0.504. The van der Waals surface area contributed by atoms with Crippen LogP contribution in [-0.2, 0) is 0 Å². The second kappa shape index (κ2) is 3.58. The maximum Gasteiger partial charge on any atom is 0.573 e. The highest BCUT2D eigenvalue weighted by atomic mass is 19.4. The first-order valence-corrected chi connectivity index (χ1v) is 3.43. The van der Waals surface area contributed by atoms with Gasteiger partial charge in [0.1, 0.15) is 11.6 Å². The standard InChI is InChI=1S/C9H4F4O/c1-2-6-3-7(10)5-8(4-6)14-9(11,12)13/h1,3-5H. The van der Waals surface area contributed by atoms with Gasteiger partial charge in [-0.1, -0.05) is 5.92 Å². The smallest absolute Gasteiger partial charge is 0.406 e. The van der Waals surface area contributed by atoms with E-state index in [0.29, 0.717) is 6.07 Å². The van der Waals surface area contributed by atoms with Gasteiger partial charge in [-0.05, 0) is 12.1 Å². The summed E-state index contributed by atoms with van der Waals surface area (Å²) in [7, 11) is 0. The van der Waals surface area contributed by atoms with Gasteiger partial charge in [-0.3, -0.25) is 0 Å². The number of benzene rings is 1. The van der Waals surface area contributed by atoms with Crippen molar-refractivity contribution in [1.29, 1.82) is 0 Å². The van der Waals surface area contributed by atoms with Gasteiger partial charge in [-0.25, -0.2) is 4.39 Å². The van der Waals surface area contributed by atoms with Gasteiger partial charge in [0.25, 0.3) is 0 Å². The highest BCUT2D eigenvalue weighted by molar-refractivity contribution is 5.39. The van der Waals surface area contributed by atoms with E-state index in [9.17, 15) is 17.6 Å². The molecule has 0 fully saturated rings. The lowest BCUT2D eigenvalue weighted by Crippen LogP contribution is -2.17. The molecule has 0 bridgehead atoms. The third-order valence-corrected chi connectivity index (χ3v) is 1.27. The van der Waals surface area contributed by atoms with E-state index in [1.807, 2.05) is 5.92 Å². The fraction of sp³-hybridized carbons (Fsp3) is 0.111. The zero-order chi connectivity index (χ0) is 10.8. The van der Waals surface area contributed by atoms with E-state index in [1.165, 1.54) is 0 Å². The molecule has 14 heavy (non-hydrogen) atoms. The molecule has 1 aromatic carbocycles. The number of hydrogen-bond acceptors (Lipinski definition) is 1. The molecule has 1 rings (SSSR count). The molecular formula is C9H4F4O. The highest BCUT2D eigenvalue weighted by Gasteiger charge is 2.31. The molecule has 0 radical (unpaired) electrons. The summed E-state index contributed by atoms with van der Waals surface area (Å²) in [6, 6.07) is 2.47. The highest BCUT2D eigenvalue weighted by Crippen LogP contribution is 2.24. The van der Waals surface area contributed by atoms with Gasteiger partial charge in [-0.15, -0.1) is 19.6 Å². The first kappa shape index (κ1) is 10.4. The minimum atomic E-state index is -4.85. The Morgan fingerprint density at radius 2 is 1.86 bits per heavy atom. The van der Waals surface area contributed by atoms with Crippen LogP contribution in [0, 0.1) is 18.2 Å². The van der Waals surface area contributed by atoms with Gasteiger partial charge in [0.2, 0.25) is 0 Å². The lowest BCUT2D eigenvalue weighted by Gasteiger charge is -2.08. The minimum Gasteiger partial charge on any atom is -0.406 e. The molecule has 0 aliphatic rings. The summed E-state index contributed by atoms with van der Waals surface area (Å²) in [6.07, 6.45) is 0.0503. The first-order valence-electron chi connectivity index (χ1n) is 3.43. The SMILES string of the molecule is C#Cc1cc(F)cc(OC(F)(F)F)c1. The van der Waals surface area contributed by atoms with Crippen LogP contribution in [0.3, 0.4) is 0 Å². The molecule has 0 saturated carbocycles. The number of alkyl halides is 3. The predicted octanol–water partition coefficient (Wildman–Crippen LogP) is 2.71. The van der Waals surface area contributed by atoms with Gasteiger partial charge >= 0.3 is 6.36 Å².